The first-order valence-electron chi connectivity index (χ1n) is 6.02. The van der Waals surface area contributed by atoms with E-state index >= 15 is 0 Å². The third kappa shape index (κ3) is 2.08. The molecule has 3 saturated carbocycles. The smallest absolute Gasteiger partial charge is 0.387 e. The van der Waals surface area contributed by atoms with E-state index in [1.54, 1.807) is 0 Å². The molecule has 0 aliphatic heterocycles. The van der Waals surface area contributed by atoms with Crippen LogP contribution in [-0.2, 0) is 14.3 Å². The Labute approximate surface area is 110 Å². The second-order valence-electron chi connectivity index (χ2n) is 6.25. The van der Waals surface area contributed by atoms with Crippen LogP contribution >= 0.6 is 0 Å². The van der Waals surface area contributed by atoms with Crippen LogP contribution in [0.3, 0.4) is 0 Å². The molecule has 3 fully saturated rings. The first kappa shape index (κ1) is 15.1. The fourth-order valence-corrected chi connectivity index (χ4v) is 4.16. The largest absolute Gasteiger partial charge is 0.523 e. The zero-order chi connectivity index (χ0) is 14.9. The Bertz CT molecular complexity index is 481. The number of fused-ring (bicyclic) bond motifs is 2. The summed E-state index contributed by atoms with van der Waals surface area (Å²) in [5, 5.41) is 10.3. The van der Waals surface area contributed by atoms with Gasteiger partial charge in [0, 0.05) is 0 Å². The molecule has 0 heterocycles. The summed E-state index contributed by atoms with van der Waals surface area (Å²) in [5.41, 5.74) is -7.23. The van der Waals surface area contributed by atoms with E-state index < -0.39 is 27.3 Å². The van der Waals surface area contributed by atoms with E-state index in [4.69, 9.17) is 0 Å². The summed E-state index contributed by atoms with van der Waals surface area (Å²) >= 11 is 0. The van der Waals surface area contributed by atoms with Gasteiger partial charge in [-0.3, -0.25) is 4.18 Å². The van der Waals surface area contributed by atoms with Gasteiger partial charge >= 0.3 is 15.6 Å². The van der Waals surface area contributed by atoms with Crippen LogP contribution in [0.15, 0.2) is 0 Å². The number of hydrogen-bond donors (Lipinski definition) is 1. The van der Waals surface area contributed by atoms with E-state index in [2.05, 4.69) is 4.18 Å². The average molecular weight is 302 g/mol. The van der Waals surface area contributed by atoms with Gasteiger partial charge in [-0.1, -0.05) is 13.8 Å². The predicted octanol–water partition coefficient (Wildman–Crippen LogP) is 2.04. The van der Waals surface area contributed by atoms with E-state index in [-0.39, 0.29) is 23.7 Å². The van der Waals surface area contributed by atoms with Gasteiger partial charge in [0.2, 0.25) is 0 Å². The van der Waals surface area contributed by atoms with Gasteiger partial charge in [-0.2, -0.15) is 21.6 Å². The van der Waals surface area contributed by atoms with Gasteiger partial charge < -0.3 is 5.11 Å². The Hall–Kier alpha value is -0.340. The van der Waals surface area contributed by atoms with E-state index in [1.165, 1.54) is 6.92 Å². The zero-order valence-corrected chi connectivity index (χ0v) is 11.7. The number of aliphatic hydroxyl groups is 1. The summed E-state index contributed by atoms with van der Waals surface area (Å²) in [6.07, 6.45) is -0.534. The number of halogens is 3. The van der Waals surface area contributed by atoms with E-state index in [9.17, 15) is 26.7 Å². The van der Waals surface area contributed by atoms with E-state index in [1.807, 2.05) is 13.8 Å². The van der Waals surface area contributed by atoms with Gasteiger partial charge in [0.05, 0.1) is 5.60 Å². The lowest BCUT2D eigenvalue weighted by atomic mass is 9.43. The molecule has 19 heavy (non-hydrogen) atoms. The van der Waals surface area contributed by atoms with E-state index in [0.29, 0.717) is 6.42 Å². The molecule has 3 aliphatic carbocycles. The van der Waals surface area contributed by atoms with Crippen molar-refractivity contribution in [3.05, 3.63) is 0 Å². The first-order chi connectivity index (χ1) is 8.30. The Kier molecular flexibility index (Phi) is 3.05. The Balaban J connectivity index is 2.21. The molecule has 4 atom stereocenters. The van der Waals surface area contributed by atoms with Crippen molar-refractivity contribution in [2.24, 2.45) is 17.3 Å². The SMILES string of the molecule is CC1(C)C2CC(OS(=O)(=O)C(F)(F)F)C(C)(O)C1C2. The first-order valence-corrected chi connectivity index (χ1v) is 7.43. The summed E-state index contributed by atoms with van der Waals surface area (Å²) < 4.78 is 63.2. The van der Waals surface area contributed by atoms with Gasteiger partial charge in [0.25, 0.3) is 0 Å². The van der Waals surface area contributed by atoms with Crippen LogP contribution in [0.1, 0.15) is 33.6 Å². The standard InChI is InChI=1S/C11H17F3O4S/c1-9(2)6-4-7(9)10(3,15)8(5-6)18-19(16,17)11(12,13)14/h6-8,15H,4-5H2,1-3H3. The molecule has 0 amide bonds. The zero-order valence-electron chi connectivity index (χ0n) is 10.9. The van der Waals surface area contributed by atoms with Gasteiger partial charge in [-0.15, -0.1) is 0 Å². The number of rotatable bonds is 2. The molecule has 4 nitrogen and oxygen atoms in total. The van der Waals surface area contributed by atoms with Crippen molar-refractivity contribution in [3.8, 4) is 0 Å². The Morgan fingerprint density at radius 3 is 2.11 bits per heavy atom. The number of hydrogen-bond acceptors (Lipinski definition) is 4. The van der Waals surface area contributed by atoms with Gasteiger partial charge in [-0.05, 0) is 37.0 Å². The molecule has 0 aromatic carbocycles. The summed E-state index contributed by atoms with van der Waals surface area (Å²) in [6, 6.07) is 0. The van der Waals surface area contributed by atoms with Crippen LogP contribution in [0, 0.1) is 17.3 Å². The summed E-state index contributed by atoms with van der Waals surface area (Å²) in [7, 11) is -5.67. The fourth-order valence-electron chi connectivity index (χ4n) is 3.47. The lowest BCUT2D eigenvalue weighted by molar-refractivity contribution is -0.239. The number of alkyl halides is 3. The molecule has 112 valence electrons. The second kappa shape index (κ2) is 3.85. The molecule has 0 spiro atoms. The van der Waals surface area contributed by atoms with Crippen molar-refractivity contribution in [1.82, 2.24) is 0 Å². The molecule has 3 aliphatic rings. The molecule has 8 heteroatoms. The van der Waals surface area contributed by atoms with Crippen molar-refractivity contribution in [2.45, 2.75) is 50.8 Å². The molecule has 0 aromatic heterocycles. The van der Waals surface area contributed by atoms with Gasteiger partial charge in [0.1, 0.15) is 6.10 Å². The quantitative estimate of drug-likeness (QED) is 0.626. The molecular formula is C11H17F3O4S. The molecule has 2 bridgehead atoms. The molecule has 3 rings (SSSR count). The lowest BCUT2D eigenvalue weighted by Crippen LogP contribution is -2.67. The molecule has 4 unspecified atom stereocenters. The van der Waals surface area contributed by atoms with Crippen molar-refractivity contribution in [1.29, 1.82) is 0 Å². The summed E-state index contributed by atoms with van der Waals surface area (Å²) in [4.78, 5) is 0. The van der Waals surface area contributed by atoms with Crippen molar-refractivity contribution < 1.29 is 30.9 Å². The molecule has 0 aromatic rings. The van der Waals surface area contributed by atoms with Gasteiger partial charge in [0.15, 0.2) is 0 Å². The average Bonchev–Trinajstić information content (AvgIpc) is 2.17. The highest BCUT2D eigenvalue weighted by atomic mass is 32.2. The normalized spacial score (nSPS) is 41.7. The highest BCUT2D eigenvalue weighted by Crippen LogP contribution is 2.63. The van der Waals surface area contributed by atoms with Crippen molar-refractivity contribution in [3.63, 3.8) is 0 Å². The maximum Gasteiger partial charge on any atom is 0.523 e. The maximum absolute atomic E-state index is 12.3. The Morgan fingerprint density at radius 1 is 1.21 bits per heavy atom. The van der Waals surface area contributed by atoms with E-state index in [0.717, 1.165) is 0 Å². The van der Waals surface area contributed by atoms with Gasteiger partial charge in [-0.25, -0.2) is 0 Å². The molecular weight excluding hydrogens is 285 g/mol. The summed E-state index contributed by atoms with van der Waals surface area (Å²) in [6.45, 7) is 5.20. The molecule has 0 saturated heterocycles. The second-order valence-corrected chi connectivity index (χ2v) is 7.82. The monoisotopic (exact) mass is 302 g/mol. The highest BCUT2D eigenvalue weighted by Gasteiger charge is 2.65. The van der Waals surface area contributed by atoms with Crippen LogP contribution in [-0.4, -0.2) is 30.7 Å². The maximum atomic E-state index is 12.3. The van der Waals surface area contributed by atoms with Crippen LogP contribution in [0.2, 0.25) is 0 Å². The minimum absolute atomic E-state index is 0.0751. The third-order valence-electron chi connectivity index (χ3n) is 4.85. The minimum atomic E-state index is -5.67. The topological polar surface area (TPSA) is 63.6 Å². The van der Waals surface area contributed by atoms with Crippen molar-refractivity contribution in [2.75, 3.05) is 0 Å². The van der Waals surface area contributed by atoms with Crippen molar-refractivity contribution >= 4 is 10.1 Å². The lowest BCUT2D eigenvalue weighted by Gasteiger charge is -2.64. The minimum Gasteiger partial charge on any atom is -0.387 e. The van der Waals surface area contributed by atoms with Crippen LogP contribution in [0.4, 0.5) is 13.2 Å². The van der Waals surface area contributed by atoms with Crippen LogP contribution in [0.25, 0.3) is 0 Å². The summed E-state index contributed by atoms with van der Waals surface area (Å²) in [5.74, 6) is -0.182. The fraction of sp³-hybridized carbons (Fsp3) is 1.00. The van der Waals surface area contributed by atoms with Crippen LogP contribution in [0.5, 0.6) is 0 Å². The third-order valence-corrected chi connectivity index (χ3v) is 5.91. The predicted molar refractivity (Wildman–Crippen MR) is 60.5 cm³/mol. The Morgan fingerprint density at radius 2 is 1.74 bits per heavy atom. The van der Waals surface area contributed by atoms with Crippen LogP contribution < -0.4 is 0 Å². The molecule has 0 radical (unpaired) electrons. The highest BCUT2D eigenvalue weighted by molar-refractivity contribution is 7.87. The molecule has 1 N–H and O–H groups in total.